The second kappa shape index (κ2) is 5.21. The van der Waals surface area contributed by atoms with Crippen LogP contribution >= 0.6 is 0 Å². The molecule has 3 heteroatoms. The number of nitrogens with one attached hydrogen (secondary N) is 1. The molecule has 0 bridgehead atoms. The standard InChI is InChI=1S/C12H19N3/c1-10-7-12(15-9-14-10)8-13-11-5-3-2-4-6-11/h7,9,11,13H,2-6,8H2,1H3. The van der Waals surface area contributed by atoms with Gasteiger partial charge in [0.25, 0.3) is 0 Å². The van der Waals surface area contributed by atoms with Crippen LogP contribution in [0.15, 0.2) is 12.4 Å². The number of hydrogen-bond acceptors (Lipinski definition) is 3. The van der Waals surface area contributed by atoms with Crippen LogP contribution in [-0.2, 0) is 6.54 Å². The normalized spacial score (nSPS) is 17.9. The lowest BCUT2D eigenvalue weighted by Crippen LogP contribution is -2.30. The van der Waals surface area contributed by atoms with Crippen LogP contribution in [0, 0.1) is 6.92 Å². The molecule has 1 N–H and O–H groups in total. The van der Waals surface area contributed by atoms with E-state index in [1.807, 2.05) is 6.92 Å². The number of nitrogens with zero attached hydrogens (tertiary/aromatic N) is 2. The van der Waals surface area contributed by atoms with E-state index >= 15 is 0 Å². The molecular weight excluding hydrogens is 186 g/mol. The zero-order valence-corrected chi connectivity index (χ0v) is 9.37. The zero-order valence-electron chi connectivity index (χ0n) is 9.37. The summed E-state index contributed by atoms with van der Waals surface area (Å²) in [4.78, 5) is 8.35. The second-order valence-corrected chi connectivity index (χ2v) is 4.37. The fourth-order valence-electron chi connectivity index (χ4n) is 2.16. The molecule has 1 fully saturated rings. The van der Waals surface area contributed by atoms with Crippen molar-refractivity contribution in [2.75, 3.05) is 0 Å². The Balaban J connectivity index is 1.81. The molecule has 0 aliphatic heterocycles. The summed E-state index contributed by atoms with van der Waals surface area (Å²) >= 11 is 0. The minimum absolute atomic E-state index is 0.703. The third-order valence-electron chi connectivity index (χ3n) is 3.04. The van der Waals surface area contributed by atoms with E-state index in [9.17, 15) is 0 Å². The molecule has 1 aliphatic carbocycles. The second-order valence-electron chi connectivity index (χ2n) is 4.37. The van der Waals surface area contributed by atoms with Crippen LogP contribution in [-0.4, -0.2) is 16.0 Å². The van der Waals surface area contributed by atoms with Gasteiger partial charge in [-0.05, 0) is 25.8 Å². The molecule has 1 aliphatic rings. The molecule has 1 aromatic rings. The summed E-state index contributed by atoms with van der Waals surface area (Å²) in [5, 5.41) is 3.57. The average Bonchev–Trinajstić information content (AvgIpc) is 2.28. The van der Waals surface area contributed by atoms with Gasteiger partial charge in [-0.2, -0.15) is 0 Å². The Morgan fingerprint density at radius 2 is 2.07 bits per heavy atom. The fraction of sp³-hybridized carbons (Fsp3) is 0.667. The first-order chi connectivity index (χ1) is 7.34. The first-order valence-electron chi connectivity index (χ1n) is 5.85. The highest BCUT2D eigenvalue weighted by atomic mass is 14.9. The summed E-state index contributed by atoms with van der Waals surface area (Å²) in [5.74, 6) is 0. The van der Waals surface area contributed by atoms with Crippen molar-refractivity contribution < 1.29 is 0 Å². The fourth-order valence-corrected chi connectivity index (χ4v) is 2.16. The number of aryl methyl sites for hydroxylation is 1. The van der Waals surface area contributed by atoms with Gasteiger partial charge in [-0.3, -0.25) is 0 Å². The van der Waals surface area contributed by atoms with Crippen LogP contribution < -0.4 is 5.32 Å². The summed E-state index contributed by atoms with van der Waals surface area (Å²) in [6, 6.07) is 2.75. The first kappa shape index (κ1) is 10.6. The smallest absolute Gasteiger partial charge is 0.115 e. The van der Waals surface area contributed by atoms with E-state index in [2.05, 4.69) is 21.4 Å². The van der Waals surface area contributed by atoms with Gasteiger partial charge >= 0.3 is 0 Å². The Labute approximate surface area is 91.3 Å². The molecule has 82 valence electrons. The van der Waals surface area contributed by atoms with Crippen molar-refractivity contribution in [3.63, 3.8) is 0 Å². The van der Waals surface area contributed by atoms with E-state index in [0.29, 0.717) is 6.04 Å². The van der Waals surface area contributed by atoms with Gasteiger partial charge in [-0.1, -0.05) is 19.3 Å². The molecule has 0 spiro atoms. The summed E-state index contributed by atoms with van der Waals surface area (Å²) < 4.78 is 0. The van der Waals surface area contributed by atoms with Crippen LogP contribution in [0.5, 0.6) is 0 Å². The van der Waals surface area contributed by atoms with Gasteiger partial charge in [0, 0.05) is 18.3 Å². The Hall–Kier alpha value is -0.960. The van der Waals surface area contributed by atoms with Gasteiger partial charge in [0.05, 0.1) is 5.69 Å². The van der Waals surface area contributed by atoms with Gasteiger partial charge in [0.15, 0.2) is 0 Å². The van der Waals surface area contributed by atoms with Crippen molar-refractivity contribution in [2.24, 2.45) is 0 Å². The monoisotopic (exact) mass is 205 g/mol. The van der Waals surface area contributed by atoms with E-state index < -0.39 is 0 Å². The maximum Gasteiger partial charge on any atom is 0.115 e. The van der Waals surface area contributed by atoms with Crippen molar-refractivity contribution in [1.29, 1.82) is 0 Å². The number of rotatable bonds is 3. The summed E-state index contributed by atoms with van der Waals surface area (Å²) in [6.45, 7) is 2.89. The van der Waals surface area contributed by atoms with E-state index in [0.717, 1.165) is 17.9 Å². The third-order valence-corrected chi connectivity index (χ3v) is 3.04. The van der Waals surface area contributed by atoms with Crippen LogP contribution in [0.25, 0.3) is 0 Å². The van der Waals surface area contributed by atoms with E-state index in [-0.39, 0.29) is 0 Å². The van der Waals surface area contributed by atoms with E-state index in [1.165, 1.54) is 32.1 Å². The maximum absolute atomic E-state index is 4.25. The van der Waals surface area contributed by atoms with Gasteiger partial charge in [-0.15, -0.1) is 0 Å². The molecule has 1 heterocycles. The first-order valence-corrected chi connectivity index (χ1v) is 5.85. The lowest BCUT2D eigenvalue weighted by Gasteiger charge is -2.22. The Bertz CT molecular complexity index is 305. The molecule has 0 amide bonds. The third kappa shape index (κ3) is 3.27. The predicted octanol–water partition coefficient (Wildman–Crippen LogP) is 2.21. The minimum atomic E-state index is 0.703. The van der Waals surface area contributed by atoms with Gasteiger partial charge < -0.3 is 5.32 Å². The Kier molecular flexibility index (Phi) is 3.67. The molecule has 0 aromatic carbocycles. The van der Waals surface area contributed by atoms with Crippen molar-refractivity contribution >= 4 is 0 Å². The predicted molar refractivity (Wildman–Crippen MR) is 60.5 cm³/mol. The van der Waals surface area contributed by atoms with Gasteiger partial charge in [-0.25, -0.2) is 9.97 Å². The number of hydrogen-bond donors (Lipinski definition) is 1. The highest BCUT2D eigenvalue weighted by Gasteiger charge is 2.12. The molecule has 0 atom stereocenters. The molecule has 2 rings (SSSR count). The molecule has 1 aromatic heterocycles. The molecule has 0 unspecified atom stereocenters. The highest BCUT2D eigenvalue weighted by Crippen LogP contribution is 2.17. The van der Waals surface area contributed by atoms with Crippen molar-refractivity contribution in [3.05, 3.63) is 23.8 Å². The lowest BCUT2D eigenvalue weighted by atomic mass is 9.95. The minimum Gasteiger partial charge on any atom is -0.308 e. The van der Waals surface area contributed by atoms with Crippen molar-refractivity contribution in [2.45, 2.75) is 51.6 Å². The summed E-state index contributed by atoms with van der Waals surface area (Å²) in [7, 11) is 0. The Morgan fingerprint density at radius 1 is 1.27 bits per heavy atom. The SMILES string of the molecule is Cc1cc(CNC2CCCCC2)ncn1. The van der Waals surface area contributed by atoms with E-state index in [1.54, 1.807) is 6.33 Å². The van der Waals surface area contributed by atoms with Gasteiger partial charge in [0.2, 0.25) is 0 Å². The molecule has 15 heavy (non-hydrogen) atoms. The molecule has 0 radical (unpaired) electrons. The van der Waals surface area contributed by atoms with Crippen LogP contribution in [0.3, 0.4) is 0 Å². The Morgan fingerprint density at radius 3 is 2.80 bits per heavy atom. The topological polar surface area (TPSA) is 37.8 Å². The summed E-state index contributed by atoms with van der Waals surface area (Å²) in [5.41, 5.74) is 2.15. The van der Waals surface area contributed by atoms with E-state index in [4.69, 9.17) is 0 Å². The lowest BCUT2D eigenvalue weighted by molar-refractivity contribution is 0.371. The van der Waals surface area contributed by atoms with Crippen LogP contribution in [0.2, 0.25) is 0 Å². The summed E-state index contributed by atoms with van der Waals surface area (Å²) in [6.07, 6.45) is 8.45. The zero-order chi connectivity index (χ0) is 10.5. The highest BCUT2D eigenvalue weighted by molar-refractivity contribution is 5.06. The number of aromatic nitrogens is 2. The molecule has 3 nitrogen and oxygen atoms in total. The van der Waals surface area contributed by atoms with Gasteiger partial charge in [0.1, 0.15) is 6.33 Å². The average molecular weight is 205 g/mol. The van der Waals surface area contributed by atoms with Crippen LogP contribution in [0.4, 0.5) is 0 Å². The molecule has 0 saturated heterocycles. The maximum atomic E-state index is 4.25. The van der Waals surface area contributed by atoms with Crippen LogP contribution in [0.1, 0.15) is 43.5 Å². The largest absolute Gasteiger partial charge is 0.308 e. The van der Waals surface area contributed by atoms with Crippen molar-refractivity contribution in [3.8, 4) is 0 Å². The van der Waals surface area contributed by atoms with Crippen molar-refractivity contribution in [1.82, 2.24) is 15.3 Å². The molecule has 1 saturated carbocycles. The quantitative estimate of drug-likeness (QED) is 0.822. The molecular formula is C12H19N3.